The van der Waals surface area contributed by atoms with Crippen molar-refractivity contribution in [2.24, 2.45) is 0 Å². The van der Waals surface area contributed by atoms with Gasteiger partial charge in [0.2, 0.25) is 11.8 Å². The molecule has 3 rings (SSSR count). The minimum Gasteiger partial charge on any atom is -0.459 e. The van der Waals surface area contributed by atoms with Gasteiger partial charge in [0, 0.05) is 12.6 Å². The number of amides is 3. The maximum atomic E-state index is 13.4. The lowest BCUT2D eigenvalue weighted by Crippen LogP contribution is -2.48. The Hall–Kier alpha value is -3.35. The maximum Gasteiger partial charge on any atom is 0.287 e. The van der Waals surface area contributed by atoms with Crippen molar-refractivity contribution in [2.45, 2.75) is 51.1 Å². The maximum absolute atomic E-state index is 13.4. The summed E-state index contributed by atoms with van der Waals surface area (Å²) in [6.07, 6.45) is 7.94. The van der Waals surface area contributed by atoms with Gasteiger partial charge in [-0.1, -0.05) is 50.1 Å². The fraction of sp³-hybridized carbons (Fsp3) is 0.400. The number of furan rings is 1. The van der Waals surface area contributed by atoms with Crippen LogP contribution in [-0.4, -0.2) is 41.8 Å². The number of carbonyl (C=O) groups excluding carboxylic acids is 3. The van der Waals surface area contributed by atoms with Crippen LogP contribution < -0.4 is 10.6 Å². The largest absolute Gasteiger partial charge is 0.459 e. The van der Waals surface area contributed by atoms with E-state index < -0.39 is 11.9 Å². The Balaban J connectivity index is 1.81. The number of nitrogens with one attached hydrogen (secondary N) is 2. The normalized spacial score (nSPS) is 14.5. The number of hydrogen-bond donors (Lipinski definition) is 2. The summed E-state index contributed by atoms with van der Waals surface area (Å²) in [7, 11) is 0. The van der Waals surface area contributed by atoms with E-state index in [0.717, 1.165) is 43.2 Å². The van der Waals surface area contributed by atoms with Crippen molar-refractivity contribution >= 4 is 17.7 Å². The molecule has 1 aliphatic carbocycles. The molecule has 1 fully saturated rings. The molecule has 1 heterocycles. The molecule has 2 N–H and O–H groups in total. The molecule has 0 aliphatic heterocycles. The van der Waals surface area contributed by atoms with Crippen LogP contribution in [0.4, 0.5) is 0 Å². The Morgan fingerprint density at radius 1 is 1.19 bits per heavy atom. The van der Waals surface area contributed by atoms with Gasteiger partial charge < -0.3 is 20.0 Å². The quantitative estimate of drug-likeness (QED) is 0.558. The molecule has 7 nitrogen and oxygen atoms in total. The molecule has 170 valence electrons. The molecule has 7 heteroatoms. The van der Waals surface area contributed by atoms with Gasteiger partial charge in [0.25, 0.3) is 5.91 Å². The summed E-state index contributed by atoms with van der Waals surface area (Å²) in [4.78, 5) is 40.1. The Bertz CT molecular complexity index is 915. The lowest BCUT2D eigenvalue weighted by molar-refractivity contribution is -0.139. The third kappa shape index (κ3) is 5.87. The van der Waals surface area contributed by atoms with Gasteiger partial charge in [0.15, 0.2) is 5.76 Å². The third-order valence-electron chi connectivity index (χ3n) is 5.76. The summed E-state index contributed by atoms with van der Waals surface area (Å²) in [5.74, 6) is -0.954. The summed E-state index contributed by atoms with van der Waals surface area (Å²) in [6, 6.07) is 10.2. The standard InChI is InChI=1S/C25H31N3O4/c1-3-15-28(22(29)17-26-24(30)21-10-7-16-32-21)23(19-13-11-18(4-2)12-14-19)25(31)27-20-8-5-6-9-20/h3,7,10-14,16,20,23H,1,4-6,8-9,15,17H2,2H3,(H,26,30)(H,27,31)/t23-/m1/s1. The molecule has 0 unspecified atom stereocenters. The molecular weight excluding hydrogens is 406 g/mol. The number of aryl methyl sites for hydroxylation is 1. The van der Waals surface area contributed by atoms with Crippen molar-refractivity contribution in [1.29, 1.82) is 0 Å². The molecule has 3 amide bonds. The van der Waals surface area contributed by atoms with Gasteiger partial charge in [-0.3, -0.25) is 14.4 Å². The summed E-state index contributed by atoms with van der Waals surface area (Å²) >= 11 is 0. The SMILES string of the molecule is C=CCN(C(=O)CNC(=O)c1ccco1)[C@@H](C(=O)NC1CCCC1)c1ccc(CC)cc1. The predicted molar refractivity (Wildman–Crippen MR) is 122 cm³/mol. The summed E-state index contributed by atoms with van der Waals surface area (Å²) in [5.41, 5.74) is 1.88. The highest BCUT2D eigenvalue weighted by Crippen LogP contribution is 2.25. The van der Waals surface area contributed by atoms with Crippen molar-refractivity contribution in [3.05, 3.63) is 72.2 Å². The van der Waals surface area contributed by atoms with Gasteiger partial charge in [0.1, 0.15) is 6.04 Å². The molecule has 32 heavy (non-hydrogen) atoms. The van der Waals surface area contributed by atoms with E-state index in [1.165, 1.54) is 17.2 Å². The minimum atomic E-state index is -0.812. The zero-order valence-electron chi connectivity index (χ0n) is 18.5. The number of nitrogens with zero attached hydrogens (tertiary/aromatic N) is 1. The molecule has 1 aromatic heterocycles. The summed E-state index contributed by atoms with van der Waals surface area (Å²) in [5, 5.41) is 5.69. The first-order valence-electron chi connectivity index (χ1n) is 11.1. The summed E-state index contributed by atoms with van der Waals surface area (Å²) < 4.78 is 5.07. The zero-order valence-corrected chi connectivity index (χ0v) is 18.5. The van der Waals surface area contributed by atoms with Crippen molar-refractivity contribution in [1.82, 2.24) is 15.5 Å². The van der Waals surface area contributed by atoms with Crippen LogP contribution in [-0.2, 0) is 16.0 Å². The highest BCUT2D eigenvalue weighted by molar-refractivity contribution is 5.95. The van der Waals surface area contributed by atoms with E-state index >= 15 is 0 Å². The number of hydrogen-bond acceptors (Lipinski definition) is 4. The molecule has 0 spiro atoms. The van der Waals surface area contributed by atoms with Crippen LogP contribution in [0.5, 0.6) is 0 Å². The highest BCUT2D eigenvalue weighted by atomic mass is 16.3. The van der Waals surface area contributed by atoms with Crippen molar-refractivity contribution in [3.8, 4) is 0 Å². The smallest absolute Gasteiger partial charge is 0.287 e. The van der Waals surface area contributed by atoms with Crippen LogP contribution in [0.15, 0.2) is 59.7 Å². The fourth-order valence-corrected chi connectivity index (χ4v) is 4.00. The zero-order chi connectivity index (χ0) is 22.9. The molecule has 1 aliphatic rings. The van der Waals surface area contributed by atoms with Crippen molar-refractivity contribution < 1.29 is 18.8 Å². The van der Waals surface area contributed by atoms with E-state index in [1.807, 2.05) is 24.3 Å². The minimum absolute atomic E-state index is 0.124. The van der Waals surface area contributed by atoms with Crippen molar-refractivity contribution in [2.75, 3.05) is 13.1 Å². The van der Waals surface area contributed by atoms with Gasteiger partial charge in [-0.25, -0.2) is 0 Å². The van der Waals surface area contributed by atoms with Gasteiger partial charge in [-0.05, 0) is 42.5 Å². The van der Waals surface area contributed by atoms with E-state index in [1.54, 1.807) is 12.1 Å². The number of rotatable bonds is 10. The van der Waals surface area contributed by atoms with Gasteiger partial charge in [-0.2, -0.15) is 0 Å². The van der Waals surface area contributed by atoms with Crippen LogP contribution >= 0.6 is 0 Å². The van der Waals surface area contributed by atoms with Crippen LogP contribution in [0.1, 0.15) is 60.3 Å². The van der Waals surface area contributed by atoms with E-state index in [-0.39, 0.29) is 36.7 Å². The second kappa shape index (κ2) is 11.3. The lowest BCUT2D eigenvalue weighted by Gasteiger charge is -2.31. The fourth-order valence-electron chi connectivity index (χ4n) is 4.00. The first-order valence-corrected chi connectivity index (χ1v) is 11.1. The molecule has 0 saturated heterocycles. The summed E-state index contributed by atoms with van der Waals surface area (Å²) in [6.45, 7) is 5.74. The third-order valence-corrected chi connectivity index (χ3v) is 5.76. The van der Waals surface area contributed by atoms with Gasteiger partial charge >= 0.3 is 0 Å². The second-order valence-corrected chi connectivity index (χ2v) is 7.98. The van der Waals surface area contributed by atoms with Gasteiger partial charge in [0.05, 0.1) is 12.8 Å². The average Bonchev–Trinajstić information content (AvgIpc) is 3.52. The van der Waals surface area contributed by atoms with Crippen LogP contribution in [0, 0.1) is 0 Å². The lowest BCUT2D eigenvalue weighted by atomic mass is 10.0. The second-order valence-electron chi connectivity index (χ2n) is 7.98. The van der Waals surface area contributed by atoms with Crippen LogP contribution in [0.3, 0.4) is 0 Å². The molecule has 0 radical (unpaired) electrons. The van der Waals surface area contributed by atoms with E-state index in [9.17, 15) is 14.4 Å². The van der Waals surface area contributed by atoms with E-state index in [0.29, 0.717) is 0 Å². The monoisotopic (exact) mass is 437 g/mol. The Labute approximate surface area is 188 Å². The Morgan fingerprint density at radius 2 is 1.91 bits per heavy atom. The highest BCUT2D eigenvalue weighted by Gasteiger charge is 2.32. The molecule has 1 saturated carbocycles. The number of benzene rings is 1. The van der Waals surface area contributed by atoms with Crippen LogP contribution in [0.25, 0.3) is 0 Å². The molecular formula is C25H31N3O4. The average molecular weight is 438 g/mol. The van der Waals surface area contributed by atoms with E-state index in [4.69, 9.17) is 4.42 Å². The van der Waals surface area contributed by atoms with Crippen molar-refractivity contribution in [3.63, 3.8) is 0 Å². The molecule has 2 aromatic rings. The Kier molecular flexibility index (Phi) is 8.25. The van der Waals surface area contributed by atoms with Crippen LogP contribution in [0.2, 0.25) is 0 Å². The van der Waals surface area contributed by atoms with E-state index in [2.05, 4.69) is 24.1 Å². The number of carbonyl (C=O) groups is 3. The first kappa shape index (κ1) is 23.3. The molecule has 1 atom stereocenters. The van der Waals surface area contributed by atoms with Gasteiger partial charge in [-0.15, -0.1) is 6.58 Å². The Morgan fingerprint density at radius 3 is 2.50 bits per heavy atom. The molecule has 1 aromatic carbocycles. The predicted octanol–water partition coefficient (Wildman–Crippen LogP) is 3.39. The molecule has 0 bridgehead atoms. The topological polar surface area (TPSA) is 91.7 Å². The first-order chi connectivity index (χ1) is 15.5.